The van der Waals surface area contributed by atoms with Gasteiger partial charge < -0.3 is 4.12 Å². The van der Waals surface area contributed by atoms with E-state index in [4.69, 9.17) is 4.12 Å². The molecule has 0 heterocycles. The van der Waals surface area contributed by atoms with Crippen molar-refractivity contribution in [2.24, 2.45) is 0 Å². The van der Waals surface area contributed by atoms with Crippen LogP contribution in [0.3, 0.4) is 0 Å². The first kappa shape index (κ1) is 23.5. The van der Waals surface area contributed by atoms with E-state index in [0.29, 0.717) is 22.2 Å². The van der Waals surface area contributed by atoms with Crippen LogP contribution in [-0.2, 0) is 4.12 Å². The molecule has 0 unspecified atom stereocenters. The van der Waals surface area contributed by atoms with E-state index in [-0.39, 0.29) is 0 Å². The summed E-state index contributed by atoms with van der Waals surface area (Å²) >= 11 is 0. The summed E-state index contributed by atoms with van der Waals surface area (Å²) in [5, 5.41) is 21.9. The number of hydrogen-bond donors (Lipinski definition) is 0. The molecule has 4 aliphatic rings. The molecule has 0 aromatic carbocycles. The van der Waals surface area contributed by atoms with E-state index in [1.54, 1.807) is 0 Å². The van der Waals surface area contributed by atoms with Gasteiger partial charge in [0.25, 0.3) is 0 Å². The molecule has 4 rings (SSSR count). The van der Waals surface area contributed by atoms with Gasteiger partial charge in [-0.25, -0.2) is 10.5 Å². The number of hydrogen-bond acceptors (Lipinski definition) is 3. The summed E-state index contributed by atoms with van der Waals surface area (Å²) < 4.78 is 7.64. The quantitative estimate of drug-likeness (QED) is 0.377. The predicted octanol–water partition coefficient (Wildman–Crippen LogP) is 8.36. The van der Waals surface area contributed by atoms with Crippen LogP contribution in [0.15, 0.2) is 0 Å². The Bertz CT molecular complexity index is 553. The Morgan fingerprint density at radius 1 is 0.419 bits per heavy atom. The summed E-state index contributed by atoms with van der Waals surface area (Å²) in [5.41, 5.74) is 8.00. The van der Waals surface area contributed by atoms with Crippen LogP contribution in [-0.4, -0.2) is 16.6 Å². The molecule has 0 aromatic heterocycles. The van der Waals surface area contributed by atoms with Crippen molar-refractivity contribution in [3.63, 3.8) is 0 Å². The summed E-state index contributed by atoms with van der Waals surface area (Å²) in [6.45, 7) is 0. The zero-order valence-corrected chi connectivity index (χ0v) is 21.8. The lowest BCUT2D eigenvalue weighted by Gasteiger charge is -2.50. The fourth-order valence-corrected chi connectivity index (χ4v) is 20.2. The first-order valence-electron chi connectivity index (χ1n) is 13.8. The topological polar surface area (TPSA) is 56.8 Å². The molecule has 0 spiro atoms. The van der Waals surface area contributed by atoms with Gasteiger partial charge in [-0.3, -0.25) is 0 Å². The van der Waals surface area contributed by atoms with Crippen LogP contribution in [0.2, 0.25) is 22.2 Å². The monoisotopic (exact) mass is 456 g/mol. The molecule has 4 fully saturated rings. The highest BCUT2D eigenvalue weighted by Crippen LogP contribution is 2.55. The van der Waals surface area contributed by atoms with Gasteiger partial charge in [-0.05, 0) is 73.5 Å². The van der Waals surface area contributed by atoms with Crippen LogP contribution in [0, 0.1) is 21.9 Å². The van der Waals surface area contributed by atoms with E-state index in [1.165, 1.54) is 128 Å². The first-order chi connectivity index (χ1) is 15.2. The largest absolute Gasteiger partial charge is 0.434 e. The highest BCUT2D eigenvalue weighted by molar-refractivity contribution is 6.96. The molecular weight excluding hydrogens is 412 g/mol. The summed E-state index contributed by atoms with van der Waals surface area (Å²) in [4.78, 5) is 0. The van der Waals surface area contributed by atoms with E-state index in [2.05, 4.69) is 11.4 Å². The normalized spacial score (nSPS) is 26.3. The second-order valence-corrected chi connectivity index (χ2v) is 19.0. The molecule has 4 saturated carbocycles. The van der Waals surface area contributed by atoms with Gasteiger partial charge in [0.05, 0.1) is 11.4 Å². The highest BCUT2D eigenvalue weighted by atomic mass is 28.4. The van der Waals surface area contributed by atoms with E-state index in [1.807, 2.05) is 0 Å². The molecular formula is C26H44N2OSi2. The fraction of sp³-hybridized carbons (Fsp3) is 0.923. The summed E-state index contributed by atoms with van der Waals surface area (Å²) in [6, 6.07) is 0. The van der Waals surface area contributed by atoms with Crippen molar-refractivity contribution in [2.75, 3.05) is 0 Å². The molecule has 0 aliphatic heterocycles. The van der Waals surface area contributed by atoms with Crippen molar-refractivity contribution in [2.45, 2.75) is 151 Å². The molecule has 172 valence electrons. The molecule has 4 aliphatic carbocycles. The third-order valence-electron chi connectivity index (χ3n) is 9.53. The van der Waals surface area contributed by atoms with Gasteiger partial charge in [-0.1, -0.05) is 77.0 Å². The maximum absolute atomic E-state index is 10.9. The average Bonchev–Trinajstić information content (AvgIpc) is 2.87. The summed E-state index contributed by atoms with van der Waals surface area (Å²) in [7, 11) is -5.29. The zero-order chi connectivity index (χ0) is 21.6. The molecule has 0 saturated heterocycles. The van der Waals surface area contributed by atoms with Gasteiger partial charge in [-0.15, -0.1) is 0 Å². The molecule has 31 heavy (non-hydrogen) atoms. The lowest BCUT2D eigenvalue weighted by molar-refractivity contribution is 0.352. The minimum atomic E-state index is -2.65. The molecule has 5 heteroatoms. The average molecular weight is 457 g/mol. The van der Waals surface area contributed by atoms with Crippen LogP contribution < -0.4 is 0 Å². The molecule has 0 aromatic rings. The van der Waals surface area contributed by atoms with E-state index in [9.17, 15) is 10.5 Å². The minimum absolute atomic E-state index is 0.488. The smallest absolute Gasteiger partial charge is 0.303 e. The van der Waals surface area contributed by atoms with Crippen LogP contribution in [0.1, 0.15) is 128 Å². The van der Waals surface area contributed by atoms with Crippen LogP contribution in [0.5, 0.6) is 0 Å². The van der Waals surface area contributed by atoms with Crippen molar-refractivity contribution in [1.29, 1.82) is 10.5 Å². The first-order valence-corrected chi connectivity index (χ1v) is 17.9. The van der Waals surface area contributed by atoms with E-state index < -0.39 is 16.6 Å². The van der Waals surface area contributed by atoms with Gasteiger partial charge in [0.15, 0.2) is 0 Å². The Morgan fingerprint density at radius 2 is 0.645 bits per heavy atom. The number of rotatable bonds is 6. The van der Waals surface area contributed by atoms with Crippen molar-refractivity contribution in [3.8, 4) is 11.4 Å². The third-order valence-corrected chi connectivity index (χ3v) is 20.1. The third kappa shape index (κ3) is 4.85. The standard InChI is InChI=1S/C26H44N2OSi2/c27-21-30(23-13-5-1-6-14-23,24-15-7-2-8-16-24)29-31(22-28,25-17-9-3-10-18-25)26-19-11-4-12-20-26/h23-26H,1-20H2. The molecule has 0 radical (unpaired) electrons. The Kier molecular flexibility index (Phi) is 8.35. The fourth-order valence-electron chi connectivity index (χ4n) is 7.82. The predicted molar refractivity (Wildman–Crippen MR) is 131 cm³/mol. The molecule has 0 N–H and O–H groups in total. The van der Waals surface area contributed by atoms with E-state index in [0.717, 1.165) is 0 Å². The Hall–Kier alpha value is -0.626. The summed E-state index contributed by atoms with van der Waals surface area (Å²) in [6.07, 6.45) is 25.0. The maximum atomic E-state index is 10.9. The van der Waals surface area contributed by atoms with Crippen molar-refractivity contribution >= 4 is 16.6 Å². The van der Waals surface area contributed by atoms with Crippen LogP contribution >= 0.6 is 0 Å². The van der Waals surface area contributed by atoms with Crippen molar-refractivity contribution in [1.82, 2.24) is 0 Å². The van der Waals surface area contributed by atoms with Crippen molar-refractivity contribution in [3.05, 3.63) is 0 Å². The van der Waals surface area contributed by atoms with Gasteiger partial charge in [0.2, 0.25) is 0 Å². The van der Waals surface area contributed by atoms with Gasteiger partial charge in [-0.2, -0.15) is 0 Å². The molecule has 0 bridgehead atoms. The summed E-state index contributed by atoms with van der Waals surface area (Å²) in [5.74, 6) is 0. The molecule has 3 nitrogen and oxygen atoms in total. The molecule has 0 atom stereocenters. The highest BCUT2D eigenvalue weighted by Gasteiger charge is 2.61. The Balaban J connectivity index is 1.73. The lowest BCUT2D eigenvalue weighted by atomic mass is 9.99. The maximum Gasteiger partial charge on any atom is 0.303 e. The second-order valence-electron chi connectivity index (χ2n) is 11.3. The lowest BCUT2D eigenvalue weighted by Crippen LogP contribution is -2.60. The Labute approximate surface area is 193 Å². The van der Waals surface area contributed by atoms with Crippen molar-refractivity contribution < 1.29 is 4.12 Å². The zero-order valence-electron chi connectivity index (χ0n) is 19.8. The molecule has 0 amide bonds. The number of nitrogens with zero attached hydrogens (tertiary/aromatic N) is 2. The Morgan fingerprint density at radius 3 is 0.839 bits per heavy atom. The van der Waals surface area contributed by atoms with Crippen LogP contribution in [0.25, 0.3) is 0 Å². The van der Waals surface area contributed by atoms with Gasteiger partial charge in [0, 0.05) is 0 Å². The minimum Gasteiger partial charge on any atom is -0.434 e. The second kappa shape index (κ2) is 11.0. The van der Waals surface area contributed by atoms with E-state index >= 15 is 0 Å². The SMILES string of the molecule is N#C[Si](O[Si](C#N)(C1CCCCC1)C1CCCCC1)(C1CCCCC1)C1CCCCC1. The van der Waals surface area contributed by atoms with Crippen LogP contribution in [0.4, 0.5) is 0 Å². The number of nitriles is 2. The van der Waals surface area contributed by atoms with Gasteiger partial charge in [0.1, 0.15) is 0 Å². The van der Waals surface area contributed by atoms with Gasteiger partial charge >= 0.3 is 16.6 Å².